The van der Waals surface area contributed by atoms with E-state index in [-0.39, 0.29) is 17.8 Å². The minimum Gasteiger partial charge on any atom is -0.494 e. The van der Waals surface area contributed by atoms with E-state index >= 15 is 0 Å². The van der Waals surface area contributed by atoms with Gasteiger partial charge in [-0.3, -0.25) is 4.79 Å². The van der Waals surface area contributed by atoms with Crippen LogP contribution in [0.2, 0.25) is 0 Å². The maximum Gasteiger partial charge on any atom is 0.410 e. The highest BCUT2D eigenvalue weighted by molar-refractivity contribution is 6.07. The highest BCUT2D eigenvalue weighted by Crippen LogP contribution is 2.44. The molecule has 1 amide bonds. The molecule has 3 heterocycles. The number of benzene rings is 1. The molecular weight excluding hydrogens is 401 g/mol. The quantitative estimate of drug-likeness (QED) is 0.621. The molecule has 0 aliphatic carbocycles. The summed E-state index contributed by atoms with van der Waals surface area (Å²) in [5.74, 6) is 0.422. The Hall–Kier alpha value is -3.43. The molecule has 2 N–H and O–H groups in total. The molecule has 2 aromatic heterocycles. The predicted octanol–water partition coefficient (Wildman–Crippen LogP) is 4.79. The van der Waals surface area contributed by atoms with Crippen LogP contribution in [0.1, 0.15) is 41.5 Å². The Morgan fingerprint density at radius 2 is 2.10 bits per heavy atom. The van der Waals surface area contributed by atoms with Crippen molar-refractivity contribution in [1.82, 2.24) is 9.78 Å². The fraction of sp³-hybridized carbons (Fsp3) is 0.300. The standard InChI is InChI=1S/C20H19F3N4O3/c1-2-29-13-7-5-12(6-8-13)25-19(28)14-11-24-27-17(20(21,22)23)10-15(26-18(14)27)16-4-3-9-30-16/h3-9,11,15,17,26H,2,10H2,1H3,(H,25,28)/t15-,17-/m0/s1. The molecule has 0 spiro atoms. The van der Waals surface area contributed by atoms with Crippen LogP contribution in [0.25, 0.3) is 0 Å². The summed E-state index contributed by atoms with van der Waals surface area (Å²) in [5, 5.41) is 9.49. The van der Waals surface area contributed by atoms with Gasteiger partial charge in [-0.15, -0.1) is 0 Å². The summed E-state index contributed by atoms with van der Waals surface area (Å²) in [4.78, 5) is 12.8. The molecule has 1 aromatic carbocycles. The van der Waals surface area contributed by atoms with E-state index in [0.29, 0.717) is 23.8 Å². The van der Waals surface area contributed by atoms with Gasteiger partial charge in [0.2, 0.25) is 0 Å². The number of hydrogen-bond acceptors (Lipinski definition) is 5. The molecule has 7 nitrogen and oxygen atoms in total. The number of furan rings is 1. The zero-order valence-electron chi connectivity index (χ0n) is 15.9. The number of fused-ring (bicyclic) bond motifs is 1. The summed E-state index contributed by atoms with van der Waals surface area (Å²) in [6.07, 6.45) is -2.30. The second-order valence-electron chi connectivity index (χ2n) is 6.77. The van der Waals surface area contributed by atoms with Crippen molar-refractivity contribution in [2.45, 2.75) is 31.6 Å². The van der Waals surface area contributed by atoms with Crippen LogP contribution >= 0.6 is 0 Å². The van der Waals surface area contributed by atoms with Gasteiger partial charge in [0.25, 0.3) is 5.91 Å². The number of rotatable bonds is 5. The van der Waals surface area contributed by atoms with Crippen molar-refractivity contribution in [1.29, 1.82) is 0 Å². The number of carbonyl (C=O) groups excluding carboxylic acids is 1. The lowest BCUT2D eigenvalue weighted by Crippen LogP contribution is -2.36. The first-order chi connectivity index (χ1) is 14.4. The zero-order chi connectivity index (χ0) is 21.3. The van der Waals surface area contributed by atoms with Crippen molar-refractivity contribution < 1.29 is 27.1 Å². The fourth-order valence-electron chi connectivity index (χ4n) is 3.40. The topological polar surface area (TPSA) is 81.3 Å². The largest absolute Gasteiger partial charge is 0.494 e. The van der Waals surface area contributed by atoms with Crippen molar-refractivity contribution in [2.24, 2.45) is 0 Å². The Balaban J connectivity index is 1.61. The summed E-state index contributed by atoms with van der Waals surface area (Å²) < 4.78 is 52.4. The maximum atomic E-state index is 13.7. The molecule has 0 unspecified atom stereocenters. The number of amides is 1. The Labute approximate surface area is 169 Å². The lowest BCUT2D eigenvalue weighted by molar-refractivity contribution is -0.174. The minimum atomic E-state index is -4.53. The van der Waals surface area contributed by atoms with E-state index < -0.39 is 24.2 Å². The Morgan fingerprint density at radius 3 is 2.73 bits per heavy atom. The van der Waals surface area contributed by atoms with E-state index in [1.54, 1.807) is 36.4 Å². The van der Waals surface area contributed by atoms with E-state index in [1.807, 2.05) is 6.92 Å². The summed E-state index contributed by atoms with van der Waals surface area (Å²) in [5.41, 5.74) is 0.489. The van der Waals surface area contributed by atoms with Gasteiger partial charge >= 0.3 is 6.18 Å². The van der Waals surface area contributed by atoms with Gasteiger partial charge in [-0.2, -0.15) is 18.3 Å². The van der Waals surface area contributed by atoms with Crippen LogP contribution < -0.4 is 15.4 Å². The number of ether oxygens (including phenoxy) is 1. The Morgan fingerprint density at radius 1 is 1.33 bits per heavy atom. The molecule has 1 aliphatic heterocycles. The molecule has 0 saturated carbocycles. The molecule has 0 bridgehead atoms. The van der Waals surface area contributed by atoms with Crippen molar-refractivity contribution in [3.05, 3.63) is 60.2 Å². The van der Waals surface area contributed by atoms with Gasteiger partial charge in [-0.25, -0.2) is 4.68 Å². The Kier molecular flexibility index (Phi) is 5.15. The third kappa shape index (κ3) is 3.85. The molecule has 2 atom stereocenters. The molecule has 158 valence electrons. The molecule has 30 heavy (non-hydrogen) atoms. The molecule has 1 aliphatic rings. The molecule has 0 saturated heterocycles. The van der Waals surface area contributed by atoms with Crippen molar-refractivity contribution >= 4 is 17.4 Å². The summed E-state index contributed by atoms with van der Waals surface area (Å²) >= 11 is 0. The molecule has 0 radical (unpaired) electrons. The minimum absolute atomic E-state index is 0.00610. The molecule has 3 aromatic rings. The van der Waals surface area contributed by atoms with Crippen LogP contribution in [0.3, 0.4) is 0 Å². The lowest BCUT2D eigenvalue weighted by Gasteiger charge is -2.32. The second-order valence-corrected chi connectivity index (χ2v) is 6.77. The number of nitrogens with zero attached hydrogens (tertiary/aromatic N) is 2. The van der Waals surface area contributed by atoms with Crippen LogP contribution in [0.15, 0.2) is 53.3 Å². The maximum absolute atomic E-state index is 13.7. The molecule has 10 heteroatoms. The number of nitrogens with one attached hydrogen (secondary N) is 2. The van der Waals surface area contributed by atoms with Gasteiger partial charge in [0.15, 0.2) is 6.04 Å². The smallest absolute Gasteiger partial charge is 0.410 e. The third-order valence-electron chi connectivity index (χ3n) is 4.79. The Bertz CT molecular complexity index is 1010. The van der Waals surface area contributed by atoms with Gasteiger partial charge in [-0.1, -0.05) is 0 Å². The van der Waals surface area contributed by atoms with Crippen molar-refractivity contribution in [2.75, 3.05) is 17.2 Å². The molecule has 4 rings (SSSR count). The predicted molar refractivity (Wildman–Crippen MR) is 103 cm³/mol. The van der Waals surface area contributed by atoms with E-state index in [0.717, 1.165) is 10.9 Å². The highest BCUT2D eigenvalue weighted by atomic mass is 19.4. The van der Waals surface area contributed by atoms with Crippen LogP contribution in [0.5, 0.6) is 5.75 Å². The second kappa shape index (κ2) is 7.77. The summed E-state index contributed by atoms with van der Waals surface area (Å²) in [6.45, 7) is 2.37. The number of hydrogen-bond donors (Lipinski definition) is 2. The van der Waals surface area contributed by atoms with Crippen LogP contribution in [0.4, 0.5) is 24.7 Å². The van der Waals surface area contributed by atoms with Crippen molar-refractivity contribution in [3.8, 4) is 5.75 Å². The van der Waals surface area contributed by atoms with Gasteiger partial charge in [0.05, 0.1) is 25.1 Å². The average molecular weight is 420 g/mol. The highest BCUT2D eigenvalue weighted by Gasteiger charge is 2.47. The van der Waals surface area contributed by atoms with Gasteiger partial charge in [0, 0.05) is 12.1 Å². The fourth-order valence-corrected chi connectivity index (χ4v) is 3.40. The first kappa shape index (κ1) is 19.9. The monoisotopic (exact) mass is 420 g/mol. The van der Waals surface area contributed by atoms with Crippen LogP contribution in [0, 0.1) is 0 Å². The first-order valence-corrected chi connectivity index (χ1v) is 9.35. The number of alkyl halides is 3. The first-order valence-electron chi connectivity index (χ1n) is 9.35. The number of carbonyl (C=O) groups is 1. The summed E-state index contributed by atoms with van der Waals surface area (Å²) in [7, 11) is 0. The van der Waals surface area contributed by atoms with Gasteiger partial charge in [-0.05, 0) is 43.3 Å². The average Bonchev–Trinajstić information content (AvgIpc) is 3.38. The van der Waals surface area contributed by atoms with Gasteiger partial charge < -0.3 is 19.8 Å². The van der Waals surface area contributed by atoms with Crippen LogP contribution in [-0.4, -0.2) is 28.5 Å². The SMILES string of the molecule is CCOc1ccc(NC(=O)c2cnn3c2N[C@H](c2ccco2)C[C@H]3C(F)(F)F)cc1. The van der Waals surface area contributed by atoms with Gasteiger partial charge in [0.1, 0.15) is 22.9 Å². The third-order valence-corrected chi connectivity index (χ3v) is 4.79. The van der Waals surface area contributed by atoms with E-state index in [1.165, 1.54) is 6.26 Å². The number of anilines is 2. The number of aromatic nitrogens is 2. The van der Waals surface area contributed by atoms with Crippen molar-refractivity contribution in [3.63, 3.8) is 0 Å². The lowest BCUT2D eigenvalue weighted by atomic mass is 10.0. The summed E-state index contributed by atoms with van der Waals surface area (Å²) in [6, 6.07) is 7.26. The van der Waals surface area contributed by atoms with Crippen LogP contribution in [-0.2, 0) is 0 Å². The number of halogens is 3. The van der Waals surface area contributed by atoms with E-state index in [9.17, 15) is 18.0 Å². The molecule has 0 fully saturated rings. The zero-order valence-corrected chi connectivity index (χ0v) is 15.9. The van der Waals surface area contributed by atoms with E-state index in [2.05, 4.69) is 15.7 Å². The normalized spacial score (nSPS) is 18.4. The van der Waals surface area contributed by atoms with E-state index in [4.69, 9.17) is 9.15 Å². The molecular formula is C20H19F3N4O3.